The van der Waals surface area contributed by atoms with E-state index in [4.69, 9.17) is 0 Å². The second-order valence-electron chi connectivity index (χ2n) is 4.43. The summed E-state index contributed by atoms with van der Waals surface area (Å²) in [6.45, 7) is 4.49. The maximum atomic E-state index is 12.5. The number of hydrogen-bond donors (Lipinski definition) is 1. The van der Waals surface area contributed by atoms with E-state index in [-0.39, 0.29) is 21.9 Å². The predicted octanol–water partition coefficient (Wildman–Crippen LogP) is 1.91. The van der Waals surface area contributed by atoms with Gasteiger partial charge in [0.25, 0.3) is 0 Å². The molecule has 0 aliphatic carbocycles. The third-order valence-corrected chi connectivity index (χ3v) is 6.57. The van der Waals surface area contributed by atoms with Crippen molar-refractivity contribution in [2.24, 2.45) is 0 Å². The number of phenols is 1. The van der Waals surface area contributed by atoms with Crippen molar-refractivity contribution >= 4 is 21.8 Å². The Kier molecular flexibility index (Phi) is 3.89. The van der Waals surface area contributed by atoms with Crippen molar-refractivity contribution in [1.29, 1.82) is 0 Å². The van der Waals surface area contributed by atoms with Gasteiger partial charge in [0.2, 0.25) is 10.0 Å². The fourth-order valence-electron chi connectivity index (χ4n) is 2.02. The zero-order valence-electron chi connectivity index (χ0n) is 10.4. The largest absolute Gasteiger partial charge is 0.508 e. The molecule has 6 heteroatoms. The van der Waals surface area contributed by atoms with E-state index in [1.54, 1.807) is 17.8 Å². The number of aromatic hydroxyl groups is 1. The Balaban J connectivity index is 2.36. The highest BCUT2D eigenvalue weighted by atomic mass is 32.2. The van der Waals surface area contributed by atoms with E-state index >= 15 is 0 Å². The van der Waals surface area contributed by atoms with Crippen LogP contribution in [0, 0.1) is 0 Å². The molecule has 1 fully saturated rings. The molecule has 0 radical (unpaired) electrons. The maximum Gasteiger partial charge on any atom is 0.243 e. The van der Waals surface area contributed by atoms with Crippen LogP contribution in [0.4, 0.5) is 0 Å². The lowest BCUT2D eigenvalue weighted by Crippen LogP contribution is -2.47. The third kappa shape index (κ3) is 2.50. The molecule has 0 spiro atoms. The van der Waals surface area contributed by atoms with Crippen LogP contribution < -0.4 is 0 Å². The number of sulfonamides is 1. The van der Waals surface area contributed by atoms with Gasteiger partial charge >= 0.3 is 0 Å². The number of nitrogens with zero attached hydrogens (tertiary/aromatic N) is 1. The number of phenolic OH excluding ortho intramolecular Hbond substituents is 1. The molecule has 0 amide bonds. The average molecular weight is 287 g/mol. The molecule has 4 nitrogen and oxygen atoms in total. The van der Waals surface area contributed by atoms with Gasteiger partial charge in [-0.05, 0) is 25.1 Å². The second-order valence-corrected chi connectivity index (χ2v) is 7.81. The smallest absolute Gasteiger partial charge is 0.243 e. The molecule has 1 aliphatic heterocycles. The lowest BCUT2D eigenvalue weighted by molar-refractivity contribution is 0.340. The Hall–Kier alpha value is -0.720. The van der Waals surface area contributed by atoms with Gasteiger partial charge < -0.3 is 5.11 Å². The van der Waals surface area contributed by atoms with Crippen LogP contribution in [0.5, 0.6) is 5.75 Å². The zero-order chi connectivity index (χ0) is 13.3. The normalized spacial score (nSPS) is 26.1. The monoisotopic (exact) mass is 287 g/mol. The van der Waals surface area contributed by atoms with Gasteiger partial charge in [-0.15, -0.1) is 0 Å². The molecule has 0 aromatic heterocycles. The highest BCUT2D eigenvalue weighted by Crippen LogP contribution is 2.30. The summed E-state index contributed by atoms with van der Waals surface area (Å²) in [7, 11) is -3.51. The lowest BCUT2D eigenvalue weighted by atomic mass is 10.2. The first-order valence-electron chi connectivity index (χ1n) is 5.85. The molecule has 2 atom stereocenters. The van der Waals surface area contributed by atoms with Crippen molar-refractivity contribution in [3.63, 3.8) is 0 Å². The Morgan fingerprint density at radius 3 is 2.78 bits per heavy atom. The summed E-state index contributed by atoms with van der Waals surface area (Å²) in [5.74, 6) is 0.784. The first-order chi connectivity index (χ1) is 8.43. The average Bonchev–Trinajstić information content (AvgIpc) is 2.32. The first-order valence-corrected chi connectivity index (χ1v) is 8.34. The van der Waals surface area contributed by atoms with Gasteiger partial charge in [0.1, 0.15) is 5.75 Å². The van der Waals surface area contributed by atoms with Gasteiger partial charge in [-0.2, -0.15) is 16.1 Å². The van der Waals surface area contributed by atoms with Gasteiger partial charge in [-0.25, -0.2) is 8.42 Å². The molecule has 0 saturated carbocycles. The highest BCUT2D eigenvalue weighted by Gasteiger charge is 2.34. The molecule has 1 heterocycles. The van der Waals surface area contributed by atoms with Crippen LogP contribution in [0.2, 0.25) is 0 Å². The Labute approximate surface area is 112 Å². The standard InChI is InChI=1S/C12H17NO3S2/c1-9-10(2)17-7-6-13(9)18(15,16)12-5-3-4-11(14)8-12/h3-5,8-10,14H,6-7H2,1-2H3. The fourth-order valence-corrected chi connectivity index (χ4v) is 5.06. The molecule has 18 heavy (non-hydrogen) atoms. The van der Waals surface area contributed by atoms with Gasteiger partial charge in [-0.3, -0.25) is 0 Å². The molecule has 1 aromatic rings. The summed E-state index contributed by atoms with van der Waals surface area (Å²) in [4.78, 5) is 0.161. The van der Waals surface area contributed by atoms with Crippen molar-refractivity contribution in [2.45, 2.75) is 30.0 Å². The van der Waals surface area contributed by atoms with Crippen LogP contribution in [0.15, 0.2) is 29.2 Å². The van der Waals surface area contributed by atoms with Crippen molar-refractivity contribution in [2.75, 3.05) is 12.3 Å². The SMILES string of the molecule is CC1SCCN(S(=O)(=O)c2cccc(O)c2)C1C. The van der Waals surface area contributed by atoms with Gasteiger partial charge in [0, 0.05) is 23.6 Å². The number of rotatable bonds is 2. The van der Waals surface area contributed by atoms with Crippen LogP contribution in [0.3, 0.4) is 0 Å². The highest BCUT2D eigenvalue weighted by molar-refractivity contribution is 8.00. The van der Waals surface area contributed by atoms with Crippen LogP contribution in [0.25, 0.3) is 0 Å². The maximum absolute atomic E-state index is 12.5. The minimum atomic E-state index is -3.51. The van der Waals surface area contributed by atoms with E-state index in [2.05, 4.69) is 0 Å². The summed E-state index contributed by atoms with van der Waals surface area (Å²) in [5.41, 5.74) is 0. The van der Waals surface area contributed by atoms with Crippen LogP contribution in [-0.2, 0) is 10.0 Å². The Morgan fingerprint density at radius 1 is 1.39 bits per heavy atom. The molecule has 1 aliphatic rings. The number of hydrogen-bond acceptors (Lipinski definition) is 4. The number of thioether (sulfide) groups is 1. The summed E-state index contributed by atoms with van der Waals surface area (Å²) < 4.78 is 26.5. The van der Waals surface area contributed by atoms with E-state index in [1.807, 2.05) is 13.8 Å². The lowest BCUT2D eigenvalue weighted by Gasteiger charge is -2.36. The molecule has 100 valence electrons. The van der Waals surface area contributed by atoms with Crippen molar-refractivity contribution < 1.29 is 13.5 Å². The Morgan fingerprint density at radius 2 is 2.11 bits per heavy atom. The van der Waals surface area contributed by atoms with Gasteiger partial charge in [0.05, 0.1) is 4.90 Å². The van der Waals surface area contributed by atoms with Crippen molar-refractivity contribution in [1.82, 2.24) is 4.31 Å². The summed E-state index contributed by atoms with van der Waals surface area (Å²) in [5, 5.41) is 9.69. The van der Waals surface area contributed by atoms with E-state index in [1.165, 1.54) is 22.5 Å². The van der Waals surface area contributed by atoms with E-state index in [9.17, 15) is 13.5 Å². The predicted molar refractivity (Wildman–Crippen MR) is 73.4 cm³/mol. The molecular formula is C12H17NO3S2. The first kappa shape index (κ1) is 13.7. The van der Waals surface area contributed by atoms with E-state index in [0.29, 0.717) is 6.54 Å². The molecule has 2 rings (SSSR count). The molecular weight excluding hydrogens is 270 g/mol. The third-order valence-electron chi connectivity index (χ3n) is 3.25. The van der Waals surface area contributed by atoms with Crippen LogP contribution in [0.1, 0.15) is 13.8 Å². The van der Waals surface area contributed by atoms with Crippen LogP contribution >= 0.6 is 11.8 Å². The van der Waals surface area contributed by atoms with Crippen LogP contribution in [-0.4, -0.2) is 41.4 Å². The van der Waals surface area contributed by atoms with Gasteiger partial charge in [-0.1, -0.05) is 13.0 Å². The minimum Gasteiger partial charge on any atom is -0.508 e. The molecule has 2 unspecified atom stereocenters. The molecule has 1 N–H and O–H groups in total. The Bertz CT molecular complexity index is 530. The quantitative estimate of drug-likeness (QED) is 0.902. The summed E-state index contributed by atoms with van der Waals surface area (Å²) in [6, 6.07) is 5.81. The van der Waals surface area contributed by atoms with Crippen molar-refractivity contribution in [3.8, 4) is 5.75 Å². The fraction of sp³-hybridized carbons (Fsp3) is 0.500. The van der Waals surface area contributed by atoms with E-state index in [0.717, 1.165) is 5.75 Å². The second kappa shape index (κ2) is 5.11. The summed E-state index contributed by atoms with van der Waals surface area (Å²) in [6.07, 6.45) is 0. The van der Waals surface area contributed by atoms with Gasteiger partial charge in [0.15, 0.2) is 0 Å². The minimum absolute atomic E-state index is 0.0249. The molecule has 1 saturated heterocycles. The molecule has 0 bridgehead atoms. The zero-order valence-corrected chi connectivity index (χ0v) is 12.0. The van der Waals surface area contributed by atoms with E-state index < -0.39 is 10.0 Å². The summed E-state index contributed by atoms with van der Waals surface area (Å²) >= 11 is 1.79. The topological polar surface area (TPSA) is 57.6 Å². The van der Waals surface area contributed by atoms with Crippen molar-refractivity contribution in [3.05, 3.63) is 24.3 Å². The number of benzene rings is 1. The molecule has 1 aromatic carbocycles.